The van der Waals surface area contributed by atoms with Crippen LogP contribution in [-0.4, -0.2) is 26.6 Å². The summed E-state index contributed by atoms with van der Waals surface area (Å²) in [7, 11) is 0. The molecule has 0 spiro atoms. The molecule has 2 heterocycles. The Labute approximate surface area is 206 Å². The molecule has 5 rings (SSSR count). The number of hydrogen-bond donors (Lipinski definition) is 1. The van der Waals surface area contributed by atoms with Gasteiger partial charge in [-0.15, -0.1) is 11.3 Å². The van der Waals surface area contributed by atoms with E-state index >= 15 is 0 Å². The van der Waals surface area contributed by atoms with Gasteiger partial charge in [0.15, 0.2) is 10.3 Å². The third kappa shape index (κ3) is 5.39. The van der Waals surface area contributed by atoms with Gasteiger partial charge in [0, 0.05) is 22.1 Å². The van der Waals surface area contributed by atoms with E-state index in [0.29, 0.717) is 10.3 Å². The van der Waals surface area contributed by atoms with Gasteiger partial charge in [0.25, 0.3) is 0 Å². The van der Waals surface area contributed by atoms with Gasteiger partial charge in [-0.25, -0.2) is 15.0 Å². The van der Waals surface area contributed by atoms with Gasteiger partial charge in [-0.1, -0.05) is 103 Å². The monoisotopic (exact) mass is 480 g/mol. The van der Waals surface area contributed by atoms with Crippen LogP contribution in [0.1, 0.15) is 0 Å². The summed E-state index contributed by atoms with van der Waals surface area (Å²) in [5, 5.41) is 5.96. The van der Waals surface area contributed by atoms with Crippen molar-refractivity contribution < 1.29 is 4.79 Å². The summed E-state index contributed by atoms with van der Waals surface area (Å²) >= 11 is 2.72. The van der Waals surface area contributed by atoms with Crippen LogP contribution in [-0.2, 0) is 4.79 Å². The summed E-state index contributed by atoms with van der Waals surface area (Å²) in [6.07, 6.45) is 0. The summed E-state index contributed by atoms with van der Waals surface area (Å²) in [6, 6.07) is 31.8. The molecule has 1 amide bonds. The van der Waals surface area contributed by atoms with Crippen LogP contribution in [0.3, 0.4) is 0 Å². The van der Waals surface area contributed by atoms with E-state index in [9.17, 15) is 4.79 Å². The average Bonchev–Trinajstić information content (AvgIpc) is 3.37. The Balaban J connectivity index is 1.32. The molecule has 0 fully saturated rings. The zero-order chi connectivity index (χ0) is 23.2. The number of anilines is 1. The minimum Gasteiger partial charge on any atom is -0.301 e. The molecule has 3 aromatic carbocycles. The van der Waals surface area contributed by atoms with Crippen molar-refractivity contribution in [2.75, 3.05) is 11.1 Å². The van der Waals surface area contributed by atoms with E-state index in [2.05, 4.69) is 10.3 Å². The van der Waals surface area contributed by atoms with Crippen LogP contribution in [0.25, 0.3) is 33.8 Å². The van der Waals surface area contributed by atoms with Crippen molar-refractivity contribution in [2.45, 2.75) is 5.16 Å². The molecular formula is C27H20N4OS2. The Morgan fingerprint density at radius 3 is 1.74 bits per heavy atom. The lowest BCUT2D eigenvalue weighted by atomic mass is 10.1. The smallest absolute Gasteiger partial charge is 0.236 e. The Morgan fingerprint density at radius 2 is 1.21 bits per heavy atom. The minimum absolute atomic E-state index is 0.145. The molecule has 1 N–H and O–H groups in total. The topological polar surface area (TPSA) is 67.8 Å². The van der Waals surface area contributed by atoms with Crippen LogP contribution in [0.5, 0.6) is 0 Å². The SMILES string of the molecule is O=C(CSc1nc(-c2ccccc2)cc(-c2ccccc2)n1)Nc1nc(-c2ccccc2)cs1. The Hall–Kier alpha value is -3.81. The van der Waals surface area contributed by atoms with Gasteiger partial charge in [-0.2, -0.15) is 0 Å². The van der Waals surface area contributed by atoms with Crippen molar-refractivity contribution >= 4 is 34.1 Å². The summed E-state index contributed by atoms with van der Waals surface area (Å²) in [4.78, 5) is 26.6. The molecule has 34 heavy (non-hydrogen) atoms. The number of nitrogens with one attached hydrogen (secondary N) is 1. The highest BCUT2D eigenvalue weighted by atomic mass is 32.2. The first kappa shape index (κ1) is 22.0. The van der Waals surface area contributed by atoms with E-state index in [-0.39, 0.29) is 11.7 Å². The predicted molar refractivity (Wildman–Crippen MR) is 140 cm³/mol. The molecule has 7 heteroatoms. The van der Waals surface area contributed by atoms with Gasteiger partial charge >= 0.3 is 0 Å². The van der Waals surface area contributed by atoms with Crippen LogP contribution >= 0.6 is 23.1 Å². The number of carbonyl (C=O) groups is 1. The summed E-state index contributed by atoms with van der Waals surface area (Å²) < 4.78 is 0. The van der Waals surface area contributed by atoms with Gasteiger partial charge < -0.3 is 5.32 Å². The molecular weight excluding hydrogens is 460 g/mol. The molecule has 0 radical (unpaired) electrons. The molecule has 0 aliphatic heterocycles. The second-order valence-electron chi connectivity index (χ2n) is 7.39. The first-order valence-electron chi connectivity index (χ1n) is 10.7. The van der Waals surface area contributed by atoms with E-state index in [1.165, 1.54) is 23.1 Å². The van der Waals surface area contributed by atoms with Gasteiger partial charge in [-0.05, 0) is 6.07 Å². The van der Waals surface area contributed by atoms with E-state index in [4.69, 9.17) is 9.97 Å². The molecule has 0 saturated heterocycles. The highest BCUT2D eigenvalue weighted by Gasteiger charge is 2.12. The van der Waals surface area contributed by atoms with E-state index in [1.807, 2.05) is 102 Å². The Morgan fingerprint density at radius 1 is 0.706 bits per heavy atom. The maximum atomic E-state index is 12.6. The van der Waals surface area contributed by atoms with E-state index < -0.39 is 0 Å². The highest BCUT2D eigenvalue weighted by Crippen LogP contribution is 2.28. The number of hydrogen-bond acceptors (Lipinski definition) is 6. The zero-order valence-corrected chi connectivity index (χ0v) is 19.7. The Kier molecular flexibility index (Phi) is 6.74. The molecule has 5 nitrogen and oxygen atoms in total. The number of aromatic nitrogens is 3. The molecule has 5 aromatic rings. The lowest BCUT2D eigenvalue weighted by Gasteiger charge is -2.08. The molecule has 0 aliphatic rings. The molecule has 0 aliphatic carbocycles. The molecule has 0 saturated carbocycles. The van der Waals surface area contributed by atoms with Gasteiger partial charge in [-0.3, -0.25) is 4.79 Å². The van der Waals surface area contributed by atoms with E-state index in [0.717, 1.165) is 33.8 Å². The maximum absolute atomic E-state index is 12.6. The second-order valence-corrected chi connectivity index (χ2v) is 9.19. The lowest BCUT2D eigenvalue weighted by molar-refractivity contribution is -0.113. The molecule has 0 bridgehead atoms. The highest BCUT2D eigenvalue weighted by molar-refractivity contribution is 7.99. The molecule has 0 atom stereocenters. The number of carbonyl (C=O) groups excluding carboxylic acids is 1. The molecule has 2 aromatic heterocycles. The van der Waals surface area contributed by atoms with Crippen molar-refractivity contribution in [3.63, 3.8) is 0 Å². The van der Waals surface area contributed by atoms with Crippen LogP contribution in [0.4, 0.5) is 5.13 Å². The zero-order valence-electron chi connectivity index (χ0n) is 18.1. The number of nitrogens with zero attached hydrogens (tertiary/aromatic N) is 3. The van der Waals surface area contributed by atoms with Crippen LogP contribution in [0.2, 0.25) is 0 Å². The molecule has 166 valence electrons. The van der Waals surface area contributed by atoms with Crippen molar-refractivity contribution in [2.24, 2.45) is 0 Å². The van der Waals surface area contributed by atoms with Gasteiger partial charge in [0.2, 0.25) is 5.91 Å². The third-order valence-corrected chi connectivity index (χ3v) is 6.60. The number of amides is 1. The van der Waals surface area contributed by atoms with E-state index in [1.54, 1.807) is 0 Å². The normalized spacial score (nSPS) is 10.7. The fourth-order valence-corrected chi connectivity index (χ4v) is 4.76. The van der Waals surface area contributed by atoms with Crippen LogP contribution in [0, 0.1) is 0 Å². The fourth-order valence-electron chi connectivity index (χ4n) is 3.36. The first-order chi connectivity index (χ1) is 16.7. The van der Waals surface area contributed by atoms with Crippen LogP contribution in [0.15, 0.2) is 108 Å². The van der Waals surface area contributed by atoms with Crippen LogP contribution < -0.4 is 5.32 Å². The first-order valence-corrected chi connectivity index (χ1v) is 12.5. The standard InChI is InChI=1S/C27H20N4OS2/c32-25(31-27-30-24(17-33-27)21-14-8-3-9-15-21)18-34-26-28-22(19-10-4-1-5-11-19)16-23(29-26)20-12-6-2-7-13-20/h1-17H,18H2,(H,30,31,32). The largest absolute Gasteiger partial charge is 0.301 e. The van der Waals surface area contributed by atoms with Crippen molar-refractivity contribution in [1.82, 2.24) is 15.0 Å². The summed E-state index contributed by atoms with van der Waals surface area (Å²) in [5.41, 5.74) is 5.52. The number of benzene rings is 3. The quantitative estimate of drug-likeness (QED) is 0.208. The second kappa shape index (κ2) is 10.4. The van der Waals surface area contributed by atoms with Crippen molar-refractivity contribution in [3.8, 4) is 33.8 Å². The predicted octanol–water partition coefficient (Wildman–Crippen LogP) is 6.66. The minimum atomic E-state index is -0.145. The summed E-state index contributed by atoms with van der Waals surface area (Å²) in [6.45, 7) is 0. The van der Waals surface area contributed by atoms with Gasteiger partial charge in [0.1, 0.15) is 0 Å². The average molecular weight is 481 g/mol. The fraction of sp³-hybridized carbons (Fsp3) is 0.0370. The number of thiazole rings is 1. The number of thioether (sulfide) groups is 1. The van der Waals surface area contributed by atoms with Gasteiger partial charge in [0.05, 0.1) is 22.8 Å². The summed E-state index contributed by atoms with van der Waals surface area (Å²) in [5.74, 6) is 0.0427. The van der Waals surface area contributed by atoms with Crippen molar-refractivity contribution in [1.29, 1.82) is 0 Å². The number of rotatable bonds is 7. The third-order valence-electron chi connectivity index (χ3n) is 5.00. The lowest BCUT2D eigenvalue weighted by Crippen LogP contribution is -2.14. The Bertz CT molecular complexity index is 1330. The molecule has 0 unspecified atom stereocenters. The van der Waals surface area contributed by atoms with Crippen molar-refractivity contribution in [3.05, 3.63) is 102 Å². The maximum Gasteiger partial charge on any atom is 0.236 e.